The van der Waals surface area contributed by atoms with Crippen molar-refractivity contribution < 1.29 is 5.11 Å². The lowest BCUT2D eigenvalue weighted by atomic mass is 9.95. The van der Waals surface area contributed by atoms with Gasteiger partial charge in [0.1, 0.15) is 12.0 Å². The van der Waals surface area contributed by atoms with Gasteiger partial charge >= 0.3 is 0 Å². The molecule has 0 radical (unpaired) electrons. The maximum atomic E-state index is 11.2. The van der Waals surface area contributed by atoms with Crippen molar-refractivity contribution in [3.05, 3.63) is 70.2 Å². The zero-order valence-corrected chi connectivity index (χ0v) is 14.8. The van der Waals surface area contributed by atoms with Gasteiger partial charge in [0.25, 0.3) is 0 Å². The monoisotopic (exact) mass is 373 g/mol. The third-order valence-corrected chi connectivity index (χ3v) is 4.52. The van der Waals surface area contributed by atoms with E-state index in [9.17, 15) is 5.11 Å². The molecule has 2 aromatic rings. The molecule has 120 valence electrons. The van der Waals surface area contributed by atoms with E-state index in [-0.39, 0.29) is 6.17 Å². The van der Waals surface area contributed by atoms with Gasteiger partial charge in [-0.2, -0.15) is 0 Å². The number of aliphatic hydroxyl groups is 1. The lowest BCUT2D eigenvalue weighted by Crippen LogP contribution is -2.54. The Morgan fingerprint density at radius 3 is 2.57 bits per heavy atom. The Morgan fingerprint density at radius 1 is 1.17 bits per heavy atom. The van der Waals surface area contributed by atoms with E-state index in [1.807, 2.05) is 73.6 Å². The quantitative estimate of drug-likeness (QED) is 0.869. The summed E-state index contributed by atoms with van der Waals surface area (Å²) < 4.78 is 0.981. The van der Waals surface area contributed by atoms with Gasteiger partial charge in [-0.15, -0.1) is 0 Å². The van der Waals surface area contributed by atoms with Crippen molar-refractivity contribution in [2.45, 2.75) is 18.3 Å². The Balaban J connectivity index is 2.02. The third kappa shape index (κ3) is 3.47. The number of hydrogen-bond acceptors (Lipinski definition) is 4. The normalized spacial score (nSPS) is 24.2. The van der Waals surface area contributed by atoms with Crippen molar-refractivity contribution in [2.24, 2.45) is 4.99 Å². The second-order valence-corrected chi connectivity index (χ2v) is 6.90. The number of halogens is 1. The highest BCUT2D eigenvalue weighted by atomic mass is 79.9. The molecule has 0 fully saturated rings. The summed E-state index contributed by atoms with van der Waals surface area (Å²) in [5.74, 6) is 0.697. The molecule has 0 aliphatic carbocycles. The first-order valence-electron chi connectivity index (χ1n) is 7.54. The molecular weight excluding hydrogens is 354 g/mol. The summed E-state index contributed by atoms with van der Waals surface area (Å²) in [7, 11) is 3.95. The number of rotatable bonds is 3. The fraction of sp³-hybridized carbons (Fsp3) is 0.278. The predicted octanol–water partition coefficient (Wildman–Crippen LogP) is 2.92. The molecule has 2 aromatic carbocycles. The first kappa shape index (κ1) is 16.2. The van der Waals surface area contributed by atoms with Gasteiger partial charge in [0, 0.05) is 22.0 Å². The largest absolute Gasteiger partial charge is 0.367 e. The summed E-state index contributed by atoms with van der Waals surface area (Å²) in [4.78, 5) is 6.78. The highest BCUT2D eigenvalue weighted by Crippen LogP contribution is 2.30. The summed E-state index contributed by atoms with van der Waals surface area (Å²) in [5, 5.41) is 14.5. The molecule has 0 saturated heterocycles. The second kappa shape index (κ2) is 6.43. The number of nitrogens with zero attached hydrogens (tertiary/aromatic N) is 2. The van der Waals surface area contributed by atoms with Gasteiger partial charge in [-0.05, 0) is 26.2 Å². The lowest BCUT2D eigenvalue weighted by molar-refractivity contribution is -0.0160. The fourth-order valence-electron chi connectivity index (χ4n) is 2.72. The van der Waals surface area contributed by atoms with Gasteiger partial charge in [0.2, 0.25) is 0 Å². The highest BCUT2D eigenvalue weighted by Gasteiger charge is 2.38. The van der Waals surface area contributed by atoms with Crippen LogP contribution in [0, 0.1) is 0 Å². The maximum absolute atomic E-state index is 11.2. The molecule has 2 atom stereocenters. The van der Waals surface area contributed by atoms with Crippen LogP contribution in [-0.4, -0.2) is 36.1 Å². The summed E-state index contributed by atoms with van der Waals surface area (Å²) in [6.07, 6.45) is 0.386. The van der Waals surface area contributed by atoms with Crippen molar-refractivity contribution in [3.63, 3.8) is 0 Å². The zero-order chi connectivity index (χ0) is 16.4. The molecule has 3 rings (SSSR count). The first-order chi connectivity index (χ1) is 11.0. The smallest absolute Gasteiger partial charge is 0.166 e. The van der Waals surface area contributed by atoms with Crippen molar-refractivity contribution in [1.82, 2.24) is 10.2 Å². The van der Waals surface area contributed by atoms with E-state index in [4.69, 9.17) is 4.99 Å². The number of amidine groups is 1. The highest BCUT2D eigenvalue weighted by molar-refractivity contribution is 9.10. The van der Waals surface area contributed by atoms with E-state index in [1.165, 1.54) is 0 Å². The molecule has 5 heteroatoms. The number of aliphatic imine (C=N–C) groups is 1. The molecule has 0 aromatic heterocycles. The Morgan fingerprint density at radius 2 is 1.91 bits per heavy atom. The van der Waals surface area contributed by atoms with Crippen molar-refractivity contribution in [1.29, 1.82) is 0 Å². The summed E-state index contributed by atoms with van der Waals surface area (Å²) in [6.45, 7) is 0. The predicted molar refractivity (Wildman–Crippen MR) is 96.2 cm³/mol. The van der Waals surface area contributed by atoms with E-state index in [0.717, 1.165) is 15.6 Å². The van der Waals surface area contributed by atoms with Gasteiger partial charge in [-0.1, -0.05) is 58.4 Å². The van der Waals surface area contributed by atoms with Crippen LogP contribution in [0.2, 0.25) is 0 Å². The molecule has 1 aliphatic rings. The summed E-state index contributed by atoms with van der Waals surface area (Å²) in [5.41, 5.74) is 0.643. The molecular formula is C18H20BrN3O. The molecule has 0 bridgehead atoms. The second-order valence-electron chi connectivity index (χ2n) is 5.99. The number of benzene rings is 2. The van der Waals surface area contributed by atoms with Crippen molar-refractivity contribution >= 4 is 21.8 Å². The van der Waals surface area contributed by atoms with Crippen LogP contribution < -0.4 is 5.32 Å². The molecule has 0 amide bonds. The molecule has 1 aliphatic heterocycles. The van der Waals surface area contributed by atoms with Crippen LogP contribution in [0.3, 0.4) is 0 Å². The number of hydrogen-bond donors (Lipinski definition) is 2. The lowest BCUT2D eigenvalue weighted by Gasteiger charge is -2.39. The van der Waals surface area contributed by atoms with Crippen LogP contribution >= 0.6 is 15.9 Å². The van der Waals surface area contributed by atoms with Gasteiger partial charge in [0.05, 0.1) is 0 Å². The fourth-order valence-corrected chi connectivity index (χ4v) is 3.12. The van der Waals surface area contributed by atoms with E-state index in [0.29, 0.717) is 12.3 Å². The van der Waals surface area contributed by atoms with Crippen LogP contribution in [0.5, 0.6) is 0 Å². The minimum atomic E-state index is -1.14. The SMILES string of the molecule is CN(C)C1CC(O)(c2ccccc2)NC(c2cccc(Br)c2)=N1. The first-order valence-corrected chi connectivity index (χ1v) is 8.33. The molecule has 0 spiro atoms. The molecule has 23 heavy (non-hydrogen) atoms. The topological polar surface area (TPSA) is 47.9 Å². The maximum Gasteiger partial charge on any atom is 0.166 e. The van der Waals surface area contributed by atoms with Gasteiger partial charge in [-0.25, -0.2) is 4.99 Å². The van der Waals surface area contributed by atoms with Gasteiger partial charge in [0.15, 0.2) is 5.72 Å². The summed E-state index contributed by atoms with van der Waals surface area (Å²) >= 11 is 3.49. The average molecular weight is 374 g/mol. The average Bonchev–Trinajstić information content (AvgIpc) is 2.55. The van der Waals surface area contributed by atoms with E-state index >= 15 is 0 Å². The Kier molecular flexibility index (Phi) is 4.53. The van der Waals surface area contributed by atoms with Crippen molar-refractivity contribution in [2.75, 3.05) is 14.1 Å². The Bertz CT molecular complexity index is 717. The van der Waals surface area contributed by atoms with Crippen molar-refractivity contribution in [3.8, 4) is 0 Å². The van der Waals surface area contributed by atoms with Crippen LogP contribution in [0.15, 0.2) is 64.1 Å². The standard InChI is InChI=1S/C18H20BrN3O/c1-22(2)16-12-18(23,14-8-4-3-5-9-14)21-17(20-16)13-7-6-10-15(19)11-13/h3-11,16,23H,12H2,1-2H3,(H,20,21). The van der Waals surface area contributed by atoms with Crippen LogP contribution in [0.4, 0.5) is 0 Å². The van der Waals surface area contributed by atoms with E-state index < -0.39 is 5.72 Å². The molecule has 0 saturated carbocycles. The van der Waals surface area contributed by atoms with E-state index in [1.54, 1.807) is 0 Å². The van der Waals surface area contributed by atoms with Gasteiger partial charge < -0.3 is 10.4 Å². The minimum absolute atomic E-state index is 0.101. The molecule has 2 N–H and O–H groups in total. The third-order valence-electron chi connectivity index (χ3n) is 4.03. The molecule has 1 heterocycles. The Labute approximate surface area is 145 Å². The minimum Gasteiger partial charge on any atom is -0.367 e. The molecule has 2 unspecified atom stereocenters. The van der Waals surface area contributed by atoms with Gasteiger partial charge in [-0.3, -0.25) is 4.90 Å². The summed E-state index contributed by atoms with van der Waals surface area (Å²) in [6, 6.07) is 17.6. The van der Waals surface area contributed by atoms with Crippen LogP contribution in [0.1, 0.15) is 17.5 Å². The van der Waals surface area contributed by atoms with E-state index in [2.05, 4.69) is 21.2 Å². The Hall–Kier alpha value is -1.69. The zero-order valence-electron chi connectivity index (χ0n) is 13.2. The number of nitrogens with one attached hydrogen (secondary N) is 1. The van der Waals surface area contributed by atoms with Crippen LogP contribution in [-0.2, 0) is 5.72 Å². The van der Waals surface area contributed by atoms with Crippen LogP contribution in [0.25, 0.3) is 0 Å². The molecule has 4 nitrogen and oxygen atoms in total.